The van der Waals surface area contributed by atoms with Crippen molar-refractivity contribution in [1.29, 1.82) is 0 Å². The van der Waals surface area contributed by atoms with Crippen LogP contribution in [0.2, 0.25) is 0 Å². The molecule has 24 heavy (non-hydrogen) atoms. The standard InChI is InChI=1S/C15H12F4O4S/c1-6-4-7(2)13(8(3)5-6)23-14-9(16)11(18)15(24(20,21)22)12(19)10(14)17/h4-5H,1-3H3,(H,20,21,22)/p-1. The fourth-order valence-corrected chi connectivity index (χ4v) is 2.95. The third-order valence-corrected chi connectivity index (χ3v) is 4.10. The largest absolute Gasteiger partial charge is 0.744 e. The van der Waals surface area contributed by atoms with E-state index in [-0.39, 0.29) is 5.75 Å². The minimum absolute atomic E-state index is 0.0464. The van der Waals surface area contributed by atoms with Gasteiger partial charge in [0, 0.05) is 0 Å². The molecule has 0 spiro atoms. The normalized spacial score (nSPS) is 11.7. The van der Waals surface area contributed by atoms with Crippen molar-refractivity contribution < 1.29 is 35.3 Å². The van der Waals surface area contributed by atoms with Crippen molar-refractivity contribution in [3.63, 3.8) is 0 Å². The first-order valence-electron chi connectivity index (χ1n) is 6.52. The molecule has 2 aromatic carbocycles. The maximum absolute atomic E-state index is 14.0. The molecule has 0 aromatic heterocycles. The highest BCUT2D eigenvalue weighted by Gasteiger charge is 2.30. The molecule has 2 rings (SSSR count). The summed E-state index contributed by atoms with van der Waals surface area (Å²) in [6.45, 7) is 4.86. The number of benzene rings is 2. The van der Waals surface area contributed by atoms with Crippen LogP contribution in [0.3, 0.4) is 0 Å². The zero-order chi connectivity index (χ0) is 18.4. The van der Waals surface area contributed by atoms with Gasteiger partial charge in [0.2, 0.25) is 17.4 Å². The van der Waals surface area contributed by atoms with Gasteiger partial charge in [-0.25, -0.2) is 17.2 Å². The first-order valence-corrected chi connectivity index (χ1v) is 7.93. The highest BCUT2D eigenvalue weighted by Crippen LogP contribution is 2.37. The molecule has 0 saturated carbocycles. The topological polar surface area (TPSA) is 66.4 Å². The molecule has 0 fully saturated rings. The summed E-state index contributed by atoms with van der Waals surface area (Å²) in [7, 11) is -5.76. The summed E-state index contributed by atoms with van der Waals surface area (Å²) in [5.41, 5.74) is 1.70. The average Bonchev–Trinajstić information content (AvgIpc) is 2.42. The zero-order valence-electron chi connectivity index (χ0n) is 12.7. The fourth-order valence-electron chi connectivity index (χ4n) is 2.33. The van der Waals surface area contributed by atoms with Crippen molar-refractivity contribution in [3.05, 3.63) is 52.1 Å². The number of halogens is 4. The Labute approximate surface area is 135 Å². The summed E-state index contributed by atoms with van der Waals surface area (Å²) >= 11 is 0. The lowest BCUT2D eigenvalue weighted by molar-refractivity contribution is 0.344. The summed E-state index contributed by atoms with van der Waals surface area (Å²) < 4.78 is 92.7. The van der Waals surface area contributed by atoms with Gasteiger partial charge < -0.3 is 9.29 Å². The number of rotatable bonds is 3. The van der Waals surface area contributed by atoms with Crippen molar-refractivity contribution in [1.82, 2.24) is 0 Å². The summed E-state index contributed by atoms with van der Waals surface area (Å²) in [5.74, 6) is -10.4. The maximum atomic E-state index is 14.0. The van der Waals surface area contributed by atoms with Crippen LogP contribution in [0.5, 0.6) is 11.5 Å². The van der Waals surface area contributed by atoms with Crippen molar-refractivity contribution in [2.75, 3.05) is 0 Å². The highest BCUT2D eigenvalue weighted by molar-refractivity contribution is 7.85. The Kier molecular flexibility index (Phi) is 4.60. The van der Waals surface area contributed by atoms with E-state index in [9.17, 15) is 30.5 Å². The van der Waals surface area contributed by atoms with E-state index >= 15 is 0 Å². The number of hydrogen-bond acceptors (Lipinski definition) is 4. The summed E-state index contributed by atoms with van der Waals surface area (Å²) in [6.07, 6.45) is 0. The Bertz CT molecular complexity index is 887. The Morgan fingerprint density at radius 3 is 1.62 bits per heavy atom. The van der Waals surface area contributed by atoms with E-state index in [0.717, 1.165) is 5.56 Å². The molecular formula is C15H11F4O4S-. The first kappa shape index (κ1) is 18.2. The van der Waals surface area contributed by atoms with E-state index in [1.54, 1.807) is 32.9 Å². The van der Waals surface area contributed by atoms with Crippen LogP contribution in [0.15, 0.2) is 17.0 Å². The molecule has 0 aliphatic carbocycles. The summed E-state index contributed by atoms with van der Waals surface area (Å²) in [5, 5.41) is 0. The van der Waals surface area contributed by atoms with Crippen LogP contribution in [0, 0.1) is 44.0 Å². The Morgan fingerprint density at radius 2 is 1.25 bits per heavy atom. The summed E-state index contributed by atoms with van der Waals surface area (Å²) in [6, 6.07) is 3.22. The molecular weight excluding hydrogens is 352 g/mol. The zero-order valence-corrected chi connectivity index (χ0v) is 13.5. The van der Waals surface area contributed by atoms with E-state index in [1.807, 2.05) is 0 Å². The molecule has 0 aliphatic heterocycles. The monoisotopic (exact) mass is 363 g/mol. The van der Waals surface area contributed by atoms with E-state index in [4.69, 9.17) is 4.74 Å². The van der Waals surface area contributed by atoms with Crippen LogP contribution in [0.25, 0.3) is 0 Å². The van der Waals surface area contributed by atoms with Crippen molar-refractivity contribution in [3.8, 4) is 11.5 Å². The van der Waals surface area contributed by atoms with Gasteiger partial charge in [0.15, 0.2) is 11.6 Å². The van der Waals surface area contributed by atoms with Gasteiger partial charge in [-0.1, -0.05) is 17.7 Å². The van der Waals surface area contributed by atoms with Gasteiger partial charge >= 0.3 is 0 Å². The lowest BCUT2D eigenvalue weighted by atomic mass is 10.1. The Morgan fingerprint density at radius 1 is 0.833 bits per heavy atom. The number of aryl methyl sites for hydroxylation is 3. The van der Waals surface area contributed by atoms with Crippen molar-refractivity contribution in [2.45, 2.75) is 25.7 Å². The van der Waals surface area contributed by atoms with Gasteiger partial charge in [0.05, 0.1) is 0 Å². The molecule has 0 aliphatic rings. The molecule has 9 heteroatoms. The SMILES string of the molecule is Cc1cc(C)c(Oc2c(F)c(F)c(S(=O)(=O)[O-])c(F)c2F)c(C)c1. The van der Waals surface area contributed by atoms with Gasteiger partial charge in [0.25, 0.3) is 0 Å². The third kappa shape index (κ3) is 3.09. The molecule has 130 valence electrons. The van der Waals surface area contributed by atoms with Crippen LogP contribution in [0.1, 0.15) is 16.7 Å². The Hall–Kier alpha value is -2.13. The fraction of sp³-hybridized carbons (Fsp3) is 0.200. The number of ether oxygens (including phenoxy) is 1. The van der Waals surface area contributed by atoms with Crippen LogP contribution in [-0.4, -0.2) is 13.0 Å². The van der Waals surface area contributed by atoms with Gasteiger partial charge in [-0.15, -0.1) is 0 Å². The third-order valence-electron chi connectivity index (χ3n) is 3.24. The lowest BCUT2D eigenvalue weighted by Crippen LogP contribution is -2.11. The van der Waals surface area contributed by atoms with E-state index in [0.29, 0.717) is 11.1 Å². The van der Waals surface area contributed by atoms with Crippen LogP contribution < -0.4 is 4.74 Å². The molecule has 2 aromatic rings. The molecule has 0 N–H and O–H groups in total. The molecule has 0 radical (unpaired) electrons. The molecule has 0 bridgehead atoms. The predicted octanol–water partition coefficient (Wildman–Crippen LogP) is 3.86. The lowest BCUT2D eigenvalue weighted by Gasteiger charge is -2.17. The minimum Gasteiger partial charge on any atom is -0.744 e. The second-order valence-corrected chi connectivity index (χ2v) is 6.51. The second-order valence-electron chi connectivity index (χ2n) is 5.20. The van der Waals surface area contributed by atoms with Gasteiger partial charge in [-0.2, -0.15) is 8.78 Å². The van der Waals surface area contributed by atoms with Gasteiger partial charge in [-0.05, 0) is 31.9 Å². The van der Waals surface area contributed by atoms with E-state index in [2.05, 4.69) is 0 Å². The Balaban J connectivity index is 2.71. The maximum Gasteiger partial charge on any atom is 0.205 e. The van der Waals surface area contributed by atoms with E-state index in [1.165, 1.54) is 0 Å². The van der Waals surface area contributed by atoms with Crippen molar-refractivity contribution in [2.24, 2.45) is 0 Å². The molecule has 4 nitrogen and oxygen atoms in total. The van der Waals surface area contributed by atoms with Gasteiger partial charge in [-0.3, -0.25) is 0 Å². The molecule has 0 amide bonds. The smallest absolute Gasteiger partial charge is 0.205 e. The summed E-state index contributed by atoms with van der Waals surface area (Å²) in [4.78, 5) is -2.22. The predicted molar refractivity (Wildman–Crippen MR) is 75.0 cm³/mol. The van der Waals surface area contributed by atoms with Gasteiger partial charge in [0.1, 0.15) is 20.8 Å². The van der Waals surface area contributed by atoms with Crippen LogP contribution >= 0.6 is 0 Å². The van der Waals surface area contributed by atoms with Crippen LogP contribution in [-0.2, 0) is 10.1 Å². The minimum atomic E-state index is -5.76. The molecule has 0 atom stereocenters. The van der Waals surface area contributed by atoms with E-state index < -0.39 is 44.0 Å². The van der Waals surface area contributed by atoms with Crippen LogP contribution in [0.4, 0.5) is 17.6 Å². The van der Waals surface area contributed by atoms with Crippen molar-refractivity contribution >= 4 is 10.1 Å². The second kappa shape index (κ2) is 6.06. The molecule has 0 unspecified atom stereocenters. The molecule has 0 saturated heterocycles. The molecule has 0 heterocycles. The first-order chi connectivity index (χ1) is 10.9. The average molecular weight is 363 g/mol. The highest BCUT2D eigenvalue weighted by atomic mass is 32.2. The number of hydrogen-bond donors (Lipinski definition) is 0. The quantitative estimate of drug-likeness (QED) is 0.472.